The van der Waals surface area contributed by atoms with Gasteiger partial charge in [0.2, 0.25) is 0 Å². The number of aliphatic hydroxyl groups excluding tert-OH is 1. The van der Waals surface area contributed by atoms with Gasteiger partial charge < -0.3 is 20.5 Å². The highest BCUT2D eigenvalue weighted by Gasteiger charge is 2.10. The van der Waals surface area contributed by atoms with Crippen molar-refractivity contribution in [2.45, 2.75) is 6.92 Å². The number of aliphatic hydroxyl groups is 1. The maximum absolute atomic E-state index is 9.35. The van der Waals surface area contributed by atoms with Gasteiger partial charge in [-0.25, -0.2) is 4.98 Å². The van der Waals surface area contributed by atoms with Gasteiger partial charge in [-0.05, 0) is 30.7 Å². The zero-order valence-electron chi connectivity index (χ0n) is 13.0. The molecule has 120 valence electrons. The molecule has 0 aliphatic heterocycles. The van der Waals surface area contributed by atoms with Crippen LogP contribution in [0.25, 0.3) is 0 Å². The van der Waals surface area contributed by atoms with E-state index < -0.39 is 0 Å². The highest BCUT2D eigenvalue weighted by atomic mass is 16.5. The predicted octanol–water partition coefficient (Wildman–Crippen LogP) is 2.43. The highest BCUT2D eigenvalue weighted by Crippen LogP contribution is 2.23. The summed E-state index contributed by atoms with van der Waals surface area (Å²) in [6, 6.07) is 13.6. The van der Waals surface area contributed by atoms with Crippen LogP contribution < -0.4 is 10.6 Å². The fourth-order valence-electron chi connectivity index (χ4n) is 2.07. The molecule has 1 aromatic heterocycles. The number of benzene rings is 1. The molecule has 0 atom stereocenters. The molecule has 0 aliphatic carbocycles. The largest absolute Gasteiger partial charge is 0.394 e. The Kier molecular flexibility index (Phi) is 6.36. The van der Waals surface area contributed by atoms with Crippen LogP contribution in [0.5, 0.6) is 0 Å². The lowest BCUT2D eigenvalue weighted by molar-refractivity contribution is 0.0992. The Morgan fingerprint density at radius 2 is 2.04 bits per heavy atom. The van der Waals surface area contributed by atoms with Crippen LogP contribution >= 0.6 is 0 Å². The minimum absolute atomic E-state index is 0.0133. The molecule has 0 amide bonds. The number of nitrogens with zero attached hydrogens (tertiary/aromatic N) is 2. The van der Waals surface area contributed by atoms with Crippen LogP contribution in [-0.2, 0) is 4.74 Å². The first-order valence-electron chi connectivity index (χ1n) is 7.41. The van der Waals surface area contributed by atoms with Crippen LogP contribution in [0.15, 0.2) is 36.4 Å². The normalized spacial score (nSPS) is 10.1. The third-order valence-corrected chi connectivity index (χ3v) is 3.15. The van der Waals surface area contributed by atoms with Gasteiger partial charge in [0.15, 0.2) is 5.82 Å². The van der Waals surface area contributed by atoms with Gasteiger partial charge in [0.25, 0.3) is 0 Å². The number of nitriles is 1. The van der Waals surface area contributed by atoms with E-state index in [1.807, 2.05) is 43.3 Å². The van der Waals surface area contributed by atoms with Gasteiger partial charge in [0.05, 0.1) is 25.4 Å². The number of pyridine rings is 1. The highest BCUT2D eigenvalue weighted by molar-refractivity contribution is 5.67. The molecular weight excluding hydrogens is 292 g/mol. The number of hydrogen-bond acceptors (Lipinski definition) is 6. The molecule has 6 heteroatoms. The van der Waals surface area contributed by atoms with Gasteiger partial charge in [-0.15, -0.1) is 0 Å². The maximum Gasteiger partial charge on any atom is 0.151 e. The van der Waals surface area contributed by atoms with Crippen molar-refractivity contribution in [3.05, 3.63) is 47.5 Å². The Balaban J connectivity index is 2.11. The average molecular weight is 312 g/mol. The van der Waals surface area contributed by atoms with E-state index in [-0.39, 0.29) is 6.61 Å². The number of para-hydroxylation sites is 1. The number of ether oxygens (including phenoxy) is 1. The first-order valence-corrected chi connectivity index (χ1v) is 7.41. The van der Waals surface area contributed by atoms with E-state index in [4.69, 9.17) is 9.84 Å². The summed E-state index contributed by atoms with van der Waals surface area (Å²) in [7, 11) is 0. The van der Waals surface area contributed by atoms with Crippen molar-refractivity contribution in [3.8, 4) is 6.07 Å². The summed E-state index contributed by atoms with van der Waals surface area (Å²) < 4.78 is 5.20. The van der Waals surface area contributed by atoms with Gasteiger partial charge in [-0.2, -0.15) is 5.26 Å². The second kappa shape index (κ2) is 8.73. The maximum atomic E-state index is 9.35. The lowest BCUT2D eigenvalue weighted by Crippen LogP contribution is -2.13. The Morgan fingerprint density at radius 3 is 2.74 bits per heavy atom. The molecule has 23 heavy (non-hydrogen) atoms. The second-order valence-electron chi connectivity index (χ2n) is 4.91. The second-order valence-corrected chi connectivity index (χ2v) is 4.91. The quantitative estimate of drug-likeness (QED) is 0.649. The van der Waals surface area contributed by atoms with Crippen LogP contribution in [0, 0.1) is 18.3 Å². The zero-order valence-corrected chi connectivity index (χ0v) is 13.0. The molecule has 0 radical (unpaired) electrons. The van der Waals surface area contributed by atoms with Crippen molar-refractivity contribution in [1.29, 1.82) is 5.26 Å². The summed E-state index contributed by atoms with van der Waals surface area (Å²) in [6.45, 7) is 3.26. The summed E-state index contributed by atoms with van der Waals surface area (Å²) in [5.74, 6) is 1.20. The van der Waals surface area contributed by atoms with E-state index in [0.717, 1.165) is 11.3 Å². The molecular formula is C17H20N4O2. The molecule has 2 rings (SSSR count). The number of aromatic nitrogens is 1. The summed E-state index contributed by atoms with van der Waals surface area (Å²) in [4.78, 5) is 4.47. The number of anilines is 3. The third kappa shape index (κ3) is 4.95. The van der Waals surface area contributed by atoms with Crippen molar-refractivity contribution in [2.24, 2.45) is 0 Å². The van der Waals surface area contributed by atoms with E-state index in [9.17, 15) is 5.26 Å². The molecule has 0 unspecified atom stereocenters. The minimum atomic E-state index is 0.0133. The molecule has 6 nitrogen and oxygen atoms in total. The van der Waals surface area contributed by atoms with Crippen molar-refractivity contribution < 1.29 is 9.84 Å². The SMILES string of the molecule is Cc1cc(NCCOCCO)nc(Nc2ccccc2)c1C#N. The van der Waals surface area contributed by atoms with Gasteiger partial charge >= 0.3 is 0 Å². The number of nitrogens with one attached hydrogen (secondary N) is 2. The summed E-state index contributed by atoms with van der Waals surface area (Å²) >= 11 is 0. The fraction of sp³-hybridized carbons (Fsp3) is 0.294. The van der Waals surface area contributed by atoms with E-state index in [0.29, 0.717) is 37.0 Å². The topological polar surface area (TPSA) is 90.2 Å². The molecule has 1 aromatic carbocycles. The van der Waals surface area contributed by atoms with E-state index in [1.165, 1.54) is 0 Å². The van der Waals surface area contributed by atoms with Gasteiger partial charge in [-0.3, -0.25) is 0 Å². The summed E-state index contributed by atoms with van der Waals surface area (Å²) in [5, 5.41) is 24.3. The molecule has 1 heterocycles. The molecule has 2 aromatic rings. The van der Waals surface area contributed by atoms with E-state index >= 15 is 0 Å². The van der Waals surface area contributed by atoms with Gasteiger partial charge in [0.1, 0.15) is 11.9 Å². The fourth-order valence-corrected chi connectivity index (χ4v) is 2.07. The average Bonchev–Trinajstić information content (AvgIpc) is 2.55. The molecule has 0 aliphatic rings. The Bertz CT molecular complexity index is 668. The molecule has 3 N–H and O–H groups in total. The van der Waals surface area contributed by atoms with Gasteiger partial charge in [-0.1, -0.05) is 18.2 Å². The number of aryl methyl sites for hydroxylation is 1. The lowest BCUT2D eigenvalue weighted by atomic mass is 10.1. The molecule has 0 saturated heterocycles. The molecule has 0 bridgehead atoms. The van der Waals surface area contributed by atoms with Crippen LogP contribution in [0.1, 0.15) is 11.1 Å². The van der Waals surface area contributed by atoms with E-state index in [1.54, 1.807) is 0 Å². The Morgan fingerprint density at radius 1 is 1.26 bits per heavy atom. The number of hydrogen-bond donors (Lipinski definition) is 3. The first-order chi connectivity index (χ1) is 11.2. The predicted molar refractivity (Wildman–Crippen MR) is 89.8 cm³/mol. The van der Waals surface area contributed by atoms with Crippen molar-refractivity contribution in [3.63, 3.8) is 0 Å². The molecule has 0 fully saturated rings. The first kappa shape index (κ1) is 16.7. The monoisotopic (exact) mass is 312 g/mol. The zero-order chi connectivity index (χ0) is 16.5. The van der Waals surface area contributed by atoms with Crippen LogP contribution in [-0.4, -0.2) is 36.5 Å². The third-order valence-electron chi connectivity index (χ3n) is 3.15. The van der Waals surface area contributed by atoms with Crippen LogP contribution in [0.3, 0.4) is 0 Å². The summed E-state index contributed by atoms with van der Waals surface area (Å²) in [6.07, 6.45) is 0. The van der Waals surface area contributed by atoms with Crippen molar-refractivity contribution in [1.82, 2.24) is 4.98 Å². The standard InChI is InChI=1S/C17H20N4O2/c1-13-11-16(19-7-9-23-10-8-22)21-17(15(13)12-18)20-14-5-3-2-4-6-14/h2-6,11,22H,7-10H2,1H3,(H2,19,20,21). The van der Waals surface area contributed by atoms with Crippen LogP contribution in [0.4, 0.5) is 17.3 Å². The molecule has 0 saturated carbocycles. The van der Waals surface area contributed by atoms with Crippen LogP contribution in [0.2, 0.25) is 0 Å². The lowest BCUT2D eigenvalue weighted by Gasteiger charge is -2.13. The van der Waals surface area contributed by atoms with E-state index in [2.05, 4.69) is 21.7 Å². The smallest absolute Gasteiger partial charge is 0.151 e. The van der Waals surface area contributed by atoms with Crippen molar-refractivity contribution >= 4 is 17.3 Å². The van der Waals surface area contributed by atoms with Crippen molar-refractivity contribution in [2.75, 3.05) is 37.0 Å². The summed E-state index contributed by atoms with van der Waals surface area (Å²) in [5.41, 5.74) is 2.25. The van der Waals surface area contributed by atoms with Gasteiger partial charge in [0, 0.05) is 12.2 Å². The minimum Gasteiger partial charge on any atom is -0.394 e. The Labute approximate surface area is 135 Å². The Hall–Kier alpha value is -2.62. The number of rotatable bonds is 8. The molecule has 0 spiro atoms.